The largest absolute Gasteiger partial charge is 0.478 e. The Morgan fingerprint density at radius 1 is 1.24 bits per heavy atom. The van der Waals surface area contributed by atoms with Crippen LogP contribution in [-0.4, -0.2) is 57.4 Å². The molecule has 1 aliphatic rings. The second kappa shape index (κ2) is 6.02. The van der Waals surface area contributed by atoms with Gasteiger partial charge in [-0.3, -0.25) is 4.79 Å². The molecule has 1 fully saturated rings. The van der Waals surface area contributed by atoms with Crippen LogP contribution in [0.3, 0.4) is 0 Å². The minimum Gasteiger partial charge on any atom is -0.478 e. The summed E-state index contributed by atoms with van der Waals surface area (Å²) in [5.74, 6) is -2.56. The number of likely N-dealkylation sites (tertiary alicyclic amines) is 1. The van der Waals surface area contributed by atoms with Crippen molar-refractivity contribution in [3.63, 3.8) is 0 Å². The van der Waals surface area contributed by atoms with Crippen LogP contribution in [0.2, 0.25) is 0 Å². The van der Waals surface area contributed by atoms with Gasteiger partial charge >= 0.3 is 5.97 Å². The molecule has 1 amide bonds. The molecule has 7 heteroatoms. The Bertz CT molecular complexity index is 591. The third kappa shape index (κ3) is 3.45. The van der Waals surface area contributed by atoms with Gasteiger partial charge < -0.3 is 20.2 Å². The van der Waals surface area contributed by atoms with Crippen molar-refractivity contribution in [2.75, 3.05) is 13.1 Å². The number of halogens is 1. The molecular weight excluding hydrogens is 281 g/mol. The monoisotopic (exact) mass is 295 g/mol. The van der Waals surface area contributed by atoms with Crippen LogP contribution in [0.1, 0.15) is 15.9 Å². The number of hydrogen-bond donors (Lipinski definition) is 3. The Kier molecular flexibility index (Phi) is 4.35. The molecule has 0 spiro atoms. The van der Waals surface area contributed by atoms with Crippen molar-refractivity contribution >= 4 is 18.0 Å². The standard InChI is InChI=1S/C14H14FNO5/c15-10-3-1-8(2-4-13(19)20)5-9(10)14(21)16-6-11(17)12(18)7-16/h1-5,11-12,17-18H,6-7H2,(H,19,20)/b4-2+. The molecule has 1 aromatic rings. The number of aliphatic hydroxyl groups excluding tert-OH is 2. The zero-order chi connectivity index (χ0) is 15.6. The number of β-amino-alcohol motifs (C(OH)–C–C–N with tert-alkyl or cyclic N) is 2. The van der Waals surface area contributed by atoms with Gasteiger partial charge in [-0.1, -0.05) is 6.07 Å². The smallest absolute Gasteiger partial charge is 0.328 e. The predicted octanol–water partition coefficient (Wildman–Crippen LogP) is 0.101. The van der Waals surface area contributed by atoms with Crippen LogP contribution < -0.4 is 0 Å². The van der Waals surface area contributed by atoms with E-state index in [1.165, 1.54) is 18.2 Å². The Balaban J connectivity index is 2.24. The second-order valence-corrected chi connectivity index (χ2v) is 4.76. The molecule has 0 aliphatic carbocycles. The first-order valence-corrected chi connectivity index (χ1v) is 6.24. The lowest BCUT2D eigenvalue weighted by molar-refractivity contribution is -0.131. The lowest BCUT2D eigenvalue weighted by Crippen LogP contribution is -2.30. The minimum absolute atomic E-state index is 0.0748. The Hall–Kier alpha value is -2.25. The first-order chi connectivity index (χ1) is 9.88. The van der Waals surface area contributed by atoms with Gasteiger partial charge in [-0.25, -0.2) is 9.18 Å². The Labute approximate surface area is 119 Å². The van der Waals surface area contributed by atoms with E-state index in [1.54, 1.807) is 0 Å². The highest BCUT2D eigenvalue weighted by molar-refractivity contribution is 5.95. The molecule has 2 rings (SSSR count). The van der Waals surface area contributed by atoms with E-state index in [4.69, 9.17) is 5.11 Å². The highest BCUT2D eigenvalue weighted by atomic mass is 19.1. The fraction of sp³-hybridized carbons (Fsp3) is 0.286. The zero-order valence-corrected chi connectivity index (χ0v) is 10.9. The number of aliphatic hydroxyl groups is 2. The van der Waals surface area contributed by atoms with Gasteiger partial charge in [0.1, 0.15) is 5.82 Å². The summed E-state index contributed by atoms with van der Waals surface area (Å²) in [6.07, 6.45) is 0.0241. The summed E-state index contributed by atoms with van der Waals surface area (Å²) in [7, 11) is 0. The fourth-order valence-corrected chi connectivity index (χ4v) is 2.08. The molecular formula is C14H14FNO5. The summed E-state index contributed by atoms with van der Waals surface area (Å²) in [5.41, 5.74) is 0.131. The SMILES string of the molecule is O=C(O)/C=C/c1ccc(F)c(C(=O)N2CC(O)C(O)C2)c1. The van der Waals surface area contributed by atoms with E-state index in [2.05, 4.69) is 0 Å². The summed E-state index contributed by atoms with van der Waals surface area (Å²) in [6, 6.07) is 3.64. The molecule has 1 saturated heterocycles. The number of aliphatic carboxylic acids is 1. The molecule has 112 valence electrons. The average molecular weight is 295 g/mol. The van der Waals surface area contributed by atoms with Crippen LogP contribution in [0.25, 0.3) is 6.08 Å². The van der Waals surface area contributed by atoms with Crippen LogP contribution >= 0.6 is 0 Å². The first-order valence-electron chi connectivity index (χ1n) is 6.24. The molecule has 2 unspecified atom stereocenters. The topological polar surface area (TPSA) is 98.1 Å². The summed E-state index contributed by atoms with van der Waals surface area (Å²) in [4.78, 5) is 23.8. The van der Waals surface area contributed by atoms with Crippen molar-refractivity contribution in [1.29, 1.82) is 0 Å². The molecule has 0 radical (unpaired) electrons. The molecule has 1 heterocycles. The summed E-state index contributed by atoms with van der Waals surface area (Å²) >= 11 is 0. The summed E-state index contributed by atoms with van der Waals surface area (Å²) in [6.45, 7) is -0.150. The highest BCUT2D eigenvalue weighted by Gasteiger charge is 2.33. The summed E-state index contributed by atoms with van der Waals surface area (Å²) < 4.78 is 13.8. The van der Waals surface area contributed by atoms with Crippen molar-refractivity contribution in [3.8, 4) is 0 Å². The maximum absolute atomic E-state index is 13.8. The summed E-state index contributed by atoms with van der Waals surface area (Å²) in [5, 5.41) is 27.4. The molecule has 0 bridgehead atoms. The Morgan fingerprint density at radius 3 is 2.43 bits per heavy atom. The number of carboxylic acids is 1. The lowest BCUT2D eigenvalue weighted by Gasteiger charge is -2.16. The van der Waals surface area contributed by atoms with E-state index >= 15 is 0 Å². The van der Waals surface area contributed by atoms with Crippen LogP contribution in [0.4, 0.5) is 4.39 Å². The van der Waals surface area contributed by atoms with Gasteiger partial charge in [-0.05, 0) is 23.8 Å². The predicted molar refractivity (Wildman–Crippen MR) is 71.0 cm³/mol. The van der Waals surface area contributed by atoms with Gasteiger partial charge in [-0.2, -0.15) is 0 Å². The van der Waals surface area contributed by atoms with Crippen molar-refractivity contribution in [1.82, 2.24) is 4.90 Å². The first kappa shape index (κ1) is 15.1. The Morgan fingerprint density at radius 2 is 1.86 bits per heavy atom. The minimum atomic E-state index is -1.15. The van der Waals surface area contributed by atoms with E-state index in [0.29, 0.717) is 5.56 Å². The molecule has 0 saturated carbocycles. The fourth-order valence-electron chi connectivity index (χ4n) is 2.08. The van der Waals surface area contributed by atoms with Gasteiger partial charge in [0.25, 0.3) is 5.91 Å². The van der Waals surface area contributed by atoms with Crippen LogP contribution in [0, 0.1) is 5.82 Å². The molecule has 1 aromatic carbocycles. The molecule has 21 heavy (non-hydrogen) atoms. The number of carboxylic acid groups (broad SMARTS) is 1. The van der Waals surface area contributed by atoms with Gasteiger partial charge in [0.05, 0.1) is 17.8 Å². The third-order valence-electron chi connectivity index (χ3n) is 3.19. The van der Waals surface area contributed by atoms with Gasteiger partial charge in [0.15, 0.2) is 0 Å². The molecule has 1 aliphatic heterocycles. The highest BCUT2D eigenvalue weighted by Crippen LogP contribution is 2.18. The van der Waals surface area contributed by atoms with E-state index in [9.17, 15) is 24.2 Å². The quantitative estimate of drug-likeness (QED) is 0.687. The normalized spacial score (nSPS) is 22.0. The van der Waals surface area contributed by atoms with Crippen LogP contribution in [0.5, 0.6) is 0 Å². The molecule has 3 N–H and O–H groups in total. The molecule has 6 nitrogen and oxygen atoms in total. The number of carbonyl (C=O) groups excluding carboxylic acids is 1. The van der Waals surface area contributed by atoms with Crippen LogP contribution in [-0.2, 0) is 4.79 Å². The van der Waals surface area contributed by atoms with E-state index < -0.39 is 29.9 Å². The average Bonchev–Trinajstić information content (AvgIpc) is 2.77. The van der Waals surface area contributed by atoms with E-state index in [-0.39, 0.29) is 18.7 Å². The second-order valence-electron chi connectivity index (χ2n) is 4.76. The van der Waals surface area contributed by atoms with Crippen molar-refractivity contribution in [2.24, 2.45) is 0 Å². The maximum atomic E-state index is 13.8. The number of rotatable bonds is 3. The number of hydrogen-bond acceptors (Lipinski definition) is 4. The number of carbonyl (C=O) groups is 2. The van der Waals surface area contributed by atoms with Gasteiger partial charge in [0.2, 0.25) is 0 Å². The van der Waals surface area contributed by atoms with Crippen LogP contribution in [0.15, 0.2) is 24.3 Å². The number of amides is 1. The van der Waals surface area contributed by atoms with Crippen molar-refractivity contribution < 1.29 is 29.3 Å². The van der Waals surface area contributed by atoms with E-state index in [0.717, 1.165) is 17.0 Å². The van der Waals surface area contributed by atoms with Gasteiger partial charge in [0, 0.05) is 19.2 Å². The molecule has 0 aromatic heterocycles. The number of nitrogens with zero attached hydrogens (tertiary/aromatic N) is 1. The third-order valence-corrected chi connectivity index (χ3v) is 3.19. The van der Waals surface area contributed by atoms with E-state index in [1.807, 2.05) is 0 Å². The van der Waals surface area contributed by atoms with Crippen molar-refractivity contribution in [2.45, 2.75) is 12.2 Å². The lowest BCUT2D eigenvalue weighted by atomic mass is 10.1. The number of benzene rings is 1. The van der Waals surface area contributed by atoms with Crippen molar-refractivity contribution in [3.05, 3.63) is 41.2 Å². The molecule has 2 atom stereocenters. The zero-order valence-electron chi connectivity index (χ0n) is 10.9. The van der Waals surface area contributed by atoms with Gasteiger partial charge in [-0.15, -0.1) is 0 Å². The maximum Gasteiger partial charge on any atom is 0.328 e.